The lowest BCUT2D eigenvalue weighted by Gasteiger charge is -2.23. The van der Waals surface area contributed by atoms with Crippen LogP contribution in [0.15, 0.2) is 35.7 Å². The molecule has 1 aromatic carbocycles. The highest BCUT2D eigenvalue weighted by molar-refractivity contribution is 7.10. The number of nitrogens with two attached hydrogens (primary N) is 1. The Morgan fingerprint density at radius 3 is 2.61 bits per heavy atom. The number of nitrogens with one attached hydrogen (secondary N) is 1. The van der Waals surface area contributed by atoms with Crippen LogP contribution in [0, 0.1) is 12.8 Å². The molecule has 2 nitrogen and oxygen atoms in total. The van der Waals surface area contributed by atoms with Crippen LogP contribution in [0.4, 0.5) is 11.4 Å². The maximum atomic E-state index is 5.86. The van der Waals surface area contributed by atoms with Crippen LogP contribution in [0.5, 0.6) is 0 Å². The van der Waals surface area contributed by atoms with E-state index in [0.29, 0.717) is 12.0 Å². The Morgan fingerprint density at radius 2 is 2.00 bits per heavy atom. The summed E-state index contributed by atoms with van der Waals surface area (Å²) < 4.78 is 0. The Bertz CT molecular complexity index is 503. The summed E-state index contributed by atoms with van der Waals surface area (Å²) in [4.78, 5) is 1.37. The summed E-state index contributed by atoms with van der Waals surface area (Å²) in [5.41, 5.74) is 9.02. The number of benzene rings is 1. The molecule has 2 rings (SSSR count). The second-order valence-electron chi connectivity index (χ2n) is 4.96. The Hall–Kier alpha value is -1.48. The van der Waals surface area contributed by atoms with E-state index in [-0.39, 0.29) is 0 Å². The Balaban J connectivity index is 2.27. The molecule has 0 aliphatic carbocycles. The summed E-state index contributed by atoms with van der Waals surface area (Å²) in [6.07, 6.45) is 0. The molecule has 0 fully saturated rings. The van der Waals surface area contributed by atoms with Crippen molar-refractivity contribution in [2.75, 3.05) is 11.1 Å². The molecule has 0 aliphatic heterocycles. The van der Waals surface area contributed by atoms with E-state index in [2.05, 4.69) is 49.7 Å². The zero-order chi connectivity index (χ0) is 13.1. The highest BCUT2D eigenvalue weighted by Gasteiger charge is 2.17. The van der Waals surface area contributed by atoms with Gasteiger partial charge in [-0.25, -0.2) is 0 Å². The quantitative estimate of drug-likeness (QED) is 0.797. The number of nitrogen functional groups attached to an aromatic ring is 1. The first-order valence-electron chi connectivity index (χ1n) is 6.24. The van der Waals surface area contributed by atoms with Crippen LogP contribution in [0.1, 0.15) is 30.3 Å². The highest BCUT2D eigenvalue weighted by atomic mass is 32.1. The lowest BCUT2D eigenvalue weighted by Crippen LogP contribution is -2.16. The van der Waals surface area contributed by atoms with Crippen molar-refractivity contribution in [1.82, 2.24) is 0 Å². The molecule has 2 aromatic rings. The van der Waals surface area contributed by atoms with Crippen molar-refractivity contribution in [3.05, 3.63) is 46.2 Å². The van der Waals surface area contributed by atoms with Crippen LogP contribution in [0.3, 0.4) is 0 Å². The molecular formula is C15H20N2S. The molecule has 0 bridgehead atoms. The monoisotopic (exact) mass is 260 g/mol. The number of hydrogen-bond acceptors (Lipinski definition) is 3. The van der Waals surface area contributed by atoms with Gasteiger partial charge in [0.1, 0.15) is 0 Å². The summed E-state index contributed by atoms with van der Waals surface area (Å²) >= 11 is 1.79. The summed E-state index contributed by atoms with van der Waals surface area (Å²) in [5, 5.41) is 5.74. The number of rotatable bonds is 4. The summed E-state index contributed by atoms with van der Waals surface area (Å²) in [6.45, 7) is 6.58. The van der Waals surface area contributed by atoms with E-state index >= 15 is 0 Å². The first kappa shape index (κ1) is 13.0. The molecule has 0 amide bonds. The van der Waals surface area contributed by atoms with Crippen molar-refractivity contribution in [2.45, 2.75) is 26.8 Å². The third kappa shape index (κ3) is 2.85. The maximum Gasteiger partial charge on any atom is 0.0629 e. The van der Waals surface area contributed by atoms with Gasteiger partial charge in [0, 0.05) is 16.3 Å². The van der Waals surface area contributed by atoms with Gasteiger partial charge in [-0.15, -0.1) is 11.3 Å². The number of hydrogen-bond donors (Lipinski definition) is 2. The average Bonchev–Trinajstić information content (AvgIpc) is 2.83. The Kier molecular flexibility index (Phi) is 3.92. The van der Waals surface area contributed by atoms with Crippen molar-refractivity contribution in [3.8, 4) is 0 Å². The van der Waals surface area contributed by atoms with E-state index in [1.54, 1.807) is 11.3 Å². The van der Waals surface area contributed by atoms with Gasteiger partial charge in [-0.2, -0.15) is 0 Å². The van der Waals surface area contributed by atoms with Gasteiger partial charge in [-0.05, 0) is 42.0 Å². The van der Waals surface area contributed by atoms with Gasteiger partial charge < -0.3 is 11.1 Å². The minimum Gasteiger partial charge on any atom is -0.399 e. The minimum atomic E-state index is 0.338. The predicted octanol–water partition coefficient (Wildman–Crippen LogP) is 4.45. The minimum absolute atomic E-state index is 0.338. The number of aryl methyl sites for hydroxylation is 1. The van der Waals surface area contributed by atoms with Crippen LogP contribution in [0.25, 0.3) is 0 Å². The summed E-state index contributed by atoms with van der Waals surface area (Å²) in [7, 11) is 0. The topological polar surface area (TPSA) is 38.0 Å². The fraction of sp³-hybridized carbons (Fsp3) is 0.333. The predicted molar refractivity (Wildman–Crippen MR) is 81.1 cm³/mol. The smallest absolute Gasteiger partial charge is 0.0629 e. The molecule has 1 aromatic heterocycles. The van der Waals surface area contributed by atoms with E-state index in [4.69, 9.17) is 5.73 Å². The fourth-order valence-electron chi connectivity index (χ4n) is 2.00. The lowest BCUT2D eigenvalue weighted by atomic mass is 10.0. The second kappa shape index (κ2) is 5.44. The standard InChI is InChI=1S/C15H20N2S/c1-10(2)15(14-5-4-8-18-14)17-13-9-12(16)7-6-11(13)3/h4-10,15,17H,16H2,1-3H3. The van der Waals surface area contributed by atoms with Gasteiger partial charge in [0.15, 0.2) is 0 Å². The third-order valence-electron chi connectivity index (χ3n) is 3.09. The van der Waals surface area contributed by atoms with Gasteiger partial charge in [0.2, 0.25) is 0 Å². The third-order valence-corrected chi connectivity index (χ3v) is 4.04. The average molecular weight is 260 g/mol. The summed E-state index contributed by atoms with van der Waals surface area (Å²) in [5.74, 6) is 0.532. The second-order valence-corrected chi connectivity index (χ2v) is 5.94. The molecule has 0 saturated heterocycles. The molecule has 0 spiro atoms. The molecule has 1 unspecified atom stereocenters. The van der Waals surface area contributed by atoms with Crippen molar-refractivity contribution >= 4 is 22.7 Å². The van der Waals surface area contributed by atoms with Gasteiger partial charge >= 0.3 is 0 Å². The van der Waals surface area contributed by atoms with Gasteiger partial charge in [0.05, 0.1) is 6.04 Å². The van der Waals surface area contributed by atoms with Crippen LogP contribution in [-0.4, -0.2) is 0 Å². The largest absolute Gasteiger partial charge is 0.399 e. The number of anilines is 2. The molecular weight excluding hydrogens is 240 g/mol. The molecule has 96 valence electrons. The van der Waals surface area contributed by atoms with E-state index in [0.717, 1.165) is 11.4 Å². The van der Waals surface area contributed by atoms with Gasteiger partial charge in [0.25, 0.3) is 0 Å². The molecule has 18 heavy (non-hydrogen) atoms. The number of thiophene rings is 1. The first-order chi connectivity index (χ1) is 8.58. The first-order valence-corrected chi connectivity index (χ1v) is 7.12. The van der Waals surface area contributed by atoms with Gasteiger partial charge in [-0.1, -0.05) is 26.0 Å². The van der Waals surface area contributed by atoms with Crippen molar-refractivity contribution in [2.24, 2.45) is 5.92 Å². The molecule has 1 atom stereocenters. The molecule has 0 aliphatic rings. The lowest BCUT2D eigenvalue weighted by molar-refractivity contribution is 0.553. The van der Waals surface area contributed by atoms with Crippen LogP contribution >= 0.6 is 11.3 Å². The summed E-state index contributed by atoms with van der Waals surface area (Å²) in [6, 6.07) is 10.6. The van der Waals surface area contributed by atoms with E-state index in [1.807, 2.05) is 12.1 Å². The molecule has 3 N–H and O–H groups in total. The van der Waals surface area contributed by atoms with Gasteiger partial charge in [-0.3, -0.25) is 0 Å². The Morgan fingerprint density at radius 1 is 1.22 bits per heavy atom. The van der Waals surface area contributed by atoms with E-state index in [9.17, 15) is 0 Å². The van der Waals surface area contributed by atoms with Crippen LogP contribution in [-0.2, 0) is 0 Å². The van der Waals surface area contributed by atoms with Crippen molar-refractivity contribution in [1.29, 1.82) is 0 Å². The van der Waals surface area contributed by atoms with E-state index in [1.165, 1.54) is 10.4 Å². The maximum absolute atomic E-state index is 5.86. The SMILES string of the molecule is Cc1ccc(N)cc1NC(c1cccs1)C(C)C. The molecule has 0 saturated carbocycles. The fourth-order valence-corrected chi connectivity index (χ4v) is 2.95. The zero-order valence-electron chi connectivity index (χ0n) is 11.1. The van der Waals surface area contributed by atoms with Crippen molar-refractivity contribution in [3.63, 3.8) is 0 Å². The van der Waals surface area contributed by atoms with E-state index < -0.39 is 0 Å². The normalized spacial score (nSPS) is 12.7. The van der Waals surface area contributed by atoms with Crippen molar-refractivity contribution < 1.29 is 0 Å². The molecule has 3 heteroatoms. The molecule has 1 heterocycles. The Labute approximate surface area is 113 Å². The highest BCUT2D eigenvalue weighted by Crippen LogP contribution is 2.31. The molecule has 0 radical (unpaired) electrons. The zero-order valence-corrected chi connectivity index (χ0v) is 11.9. The van der Waals surface area contributed by atoms with Crippen LogP contribution in [0.2, 0.25) is 0 Å². The van der Waals surface area contributed by atoms with Crippen LogP contribution < -0.4 is 11.1 Å².